The van der Waals surface area contributed by atoms with Crippen molar-refractivity contribution in [1.29, 1.82) is 0 Å². The molecule has 0 saturated carbocycles. The molecule has 1 amide bonds. The number of carbonyl (C=O) groups is 1. The molecule has 2 aromatic rings. The molecule has 3 rings (SSSR count). The lowest BCUT2D eigenvalue weighted by Crippen LogP contribution is -2.22. The van der Waals surface area contributed by atoms with E-state index in [1.54, 1.807) is 18.2 Å². The number of benzene rings is 2. The molecule has 22 heavy (non-hydrogen) atoms. The van der Waals surface area contributed by atoms with Crippen molar-refractivity contribution < 1.29 is 14.3 Å². The minimum atomic E-state index is -0.273. The number of anilines is 1. The number of carbonyl (C=O) groups excluding carboxylic acids is 1. The normalized spacial score (nSPS) is 13.7. The summed E-state index contributed by atoms with van der Waals surface area (Å²) >= 11 is 7.54. The molecule has 0 radical (unpaired) electrons. The Balaban J connectivity index is 1.65. The van der Waals surface area contributed by atoms with Crippen molar-refractivity contribution in [2.24, 2.45) is 0 Å². The Hall–Kier alpha value is -1.85. The molecule has 2 aromatic carbocycles. The molecule has 0 aliphatic carbocycles. The van der Waals surface area contributed by atoms with Crippen molar-refractivity contribution >= 4 is 35.0 Å². The van der Waals surface area contributed by atoms with E-state index in [2.05, 4.69) is 5.32 Å². The van der Waals surface area contributed by atoms with E-state index >= 15 is 0 Å². The number of halogens is 1. The van der Waals surface area contributed by atoms with Crippen molar-refractivity contribution in [1.82, 2.24) is 0 Å². The van der Waals surface area contributed by atoms with Crippen LogP contribution in [0, 0.1) is 0 Å². The van der Waals surface area contributed by atoms with Gasteiger partial charge < -0.3 is 14.8 Å². The number of hydrogen-bond donors (Lipinski definition) is 1. The largest absolute Gasteiger partial charge is 0.454 e. The smallest absolute Gasteiger partial charge is 0.237 e. The second-order valence-electron chi connectivity index (χ2n) is 4.75. The van der Waals surface area contributed by atoms with E-state index in [9.17, 15) is 4.79 Å². The summed E-state index contributed by atoms with van der Waals surface area (Å²) in [5.74, 6) is 1.24. The zero-order valence-electron chi connectivity index (χ0n) is 11.8. The standard InChI is InChI=1S/C16H14ClNO3S/c1-10(22-15-5-3-2-4-12(15)17)16(19)18-11-6-7-13-14(8-11)21-9-20-13/h2-8,10H,9H2,1H3,(H,18,19)/t10-/m1/s1. The van der Waals surface area contributed by atoms with Gasteiger partial charge in [0.2, 0.25) is 12.7 Å². The van der Waals surface area contributed by atoms with Crippen LogP contribution in [0.15, 0.2) is 47.4 Å². The summed E-state index contributed by atoms with van der Waals surface area (Å²) in [6.07, 6.45) is 0. The van der Waals surface area contributed by atoms with Crippen LogP contribution in [0.25, 0.3) is 0 Å². The van der Waals surface area contributed by atoms with Gasteiger partial charge in [-0.15, -0.1) is 11.8 Å². The number of hydrogen-bond acceptors (Lipinski definition) is 4. The maximum Gasteiger partial charge on any atom is 0.237 e. The predicted octanol–water partition coefficient (Wildman–Crippen LogP) is 4.19. The highest BCUT2D eigenvalue weighted by Crippen LogP contribution is 2.35. The highest BCUT2D eigenvalue weighted by Gasteiger charge is 2.18. The van der Waals surface area contributed by atoms with Gasteiger partial charge in [0.15, 0.2) is 11.5 Å². The van der Waals surface area contributed by atoms with Gasteiger partial charge >= 0.3 is 0 Å². The van der Waals surface area contributed by atoms with E-state index in [-0.39, 0.29) is 18.0 Å². The van der Waals surface area contributed by atoms with E-state index in [1.165, 1.54) is 11.8 Å². The van der Waals surface area contributed by atoms with Crippen molar-refractivity contribution in [3.63, 3.8) is 0 Å². The first kappa shape index (κ1) is 15.1. The zero-order chi connectivity index (χ0) is 15.5. The summed E-state index contributed by atoms with van der Waals surface area (Å²) in [5.41, 5.74) is 0.681. The van der Waals surface area contributed by atoms with E-state index < -0.39 is 0 Å². The Kier molecular flexibility index (Phi) is 4.45. The maximum atomic E-state index is 12.3. The van der Waals surface area contributed by atoms with Gasteiger partial charge in [-0.3, -0.25) is 4.79 Å². The Labute approximate surface area is 137 Å². The van der Waals surface area contributed by atoms with Gasteiger partial charge in [0.25, 0.3) is 0 Å². The highest BCUT2D eigenvalue weighted by atomic mass is 35.5. The molecule has 1 aliphatic heterocycles. The van der Waals surface area contributed by atoms with Crippen LogP contribution >= 0.6 is 23.4 Å². The second kappa shape index (κ2) is 6.50. The monoisotopic (exact) mass is 335 g/mol. The minimum Gasteiger partial charge on any atom is -0.454 e. The van der Waals surface area contributed by atoms with Crippen LogP contribution in [0.5, 0.6) is 11.5 Å². The quantitative estimate of drug-likeness (QED) is 0.851. The molecule has 6 heteroatoms. The second-order valence-corrected chi connectivity index (χ2v) is 6.54. The molecule has 0 spiro atoms. The fraction of sp³-hybridized carbons (Fsp3) is 0.188. The van der Waals surface area contributed by atoms with Gasteiger partial charge in [-0.1, -0.05) is 23.7 Å². The van der Waals surface area contributed by atoms with Gasteiger partial charge in [-0.25, -0.2) is 0 Å². The topological polar surface area (TPSA) is 47.6 Å². The molecule has 1 heterocycles. The maximum absolute atomic E-state index is 12.3. The Bertz CT molecular complexity index is 708. The van der Waals surface area contributed by atoms with Crippen molar-refractivity contribution in [2.45, 2.75) is 17.1 Å². The molecule has 114 valence electrons. The molecule has 0 fully saturated rings. The van der Waals surface area contributed by atoms with Crippen LogP contribution in [0.4, 0.5) is 5.69 Å². The van der Waals surface area contributed by atoms with Crippen LogP contribution in [0.1, 0.15) is 6.92 Å². The summed E-state index contributed by atoms with van der Waals surface area (Å²) < 4.78 is 10.5. The number of fused-ring (bicyclic) bond motifs is 1. The summed E-state index contributed by atoms with van der Waals surface area (Å²) in [6.45, 7) is 2.06. The summed E-state index contributed by atoms with van der Waals surface area (Å²) in [6, 6.07) is 12.8. The fourth-order valence-electron chi connectivity index (χ4n) is 2.00. The summed E-state index contributed by atoms with van der Waals surface area (Å²) in [4.78, 5) is 13.2. The summed E-state index contributed by atoms with van der Waals surface area (Å²) in [5, 5.41) is 3.25. The van der Waals surface area contributed by atoms with Crippen molar-refractivity contribution in [3.05, 3.63) is 47.5 Å². The highest BCUT2D eigenvalue weighted by molar-refractivity contribution is 8.00. The van der Waals surface area contributed by atoms with Crippen molar-refractivity contribution in [2.75, 3.05) is 12.1 Å². The third kappa shape index (κ3) is 3.31. The Morgan fingerprint density at radius 3 is 2.82 bits per heavy atom. The number of amides is 1. The van der Waals surface area contributed by atoms with Gasteiger partial charge in [0, 0.05) is 16.6 Å². The number of rotatable bonds is 4. The first-order valence-corrected chi connectivity index (χ1v) is 8.01. The molecule has 0 unspecified atom stereocenters. The number of thioether (sulfide) groups is 1. The van der Waals surface area contributed by atoms with Crippen LogP contribution in [0.3, 0.4) is 0 Å². The third-order valence-corrected chi connectivity index (χ3v) is 4.77. The first-order chi connectivity index (χ1) is 10.6. The third-order valence-electron chi connectivity index (χ3n) is 3.15. The Morgan fingerprint density at radius 1 is 1.23 bits per heavy atom. The van der Waals surface area contributed by atoms with Crippen molar-refractivity contribution in [3.8, 4) is 11.5 Å². The lowest BCUT2D eigenvalue weighted by atomic mass is 10.2. The summed E-state index contributed by atoms with van der Waals surface area (Å²) in [7, 11) is 0. The van der Waals surface area contributed by atoms with Crippen LogP contribution in [-0.2, 0) is 4.79 Å². The van der Waals surface area contributed by atoms with Gasteiger partial charge in [-0.05, 0) is 31.2 Å². The van der Waals surface area contributed by atoms with Gasteiger partial charge in [0.1, 0.15) is 0 Å². The molecule has 1 aliphatic rings. The molecule has 0 aromatic heterocycles. The molecule has 0 saturated heterocycles. The SMILES string of the molecule is C[C@@H](Sc1ccccc1Cl)C(=O)Nc1ccc2c(c1)OCO2. The fourth-order valence-corrected chi connectivity index (χ4v) is 3.16. The lowest BCUT2D eigenvalue weighted by Gasteiger charge is -2.13. The minimum absolute atomic E-state index is 0.0937. The lowest BCUT2D eigenvalue weighted by molar-refractivity contribution is -0.115. The average Bonchev–Trinajstić information content (AvgIpc) is 2.97. The number of ether oxygens (including phenoxy) is 2. The Morgan fingerprint density at radius 2 is 2.00 bits per heavy atom. The first-order valence-electron chi connectivity index (χ1n) is 6.75. The van der Waals surface area contributed by atoms with Crippen LogP contribution in [0.2, 0.25) is 5.02 Å². The van der Waals surface area contributed by atoms with E-state index in [0.717, 1.165) is 4.90 Å². The molecule has 0 bridgehead atoms. The molecule has 4 nitrogen and oxygen atoms in total. The van der Waals surface area contributed by atoms with Crippen LogP contribution < -0.4 is 14.8 Å². The number of nitrogens with one attached hydrogen (secondary N) is 1. The van der Waals surface area contributed by atoms with E-state index in [0.29, 0.717) is 22.2 Å². The van der Waals surface area contributed by atoms with E-state index in [1.807, 2.05) is 31.2 Å². The molecule has 1 atom stereocenters. The predicted molar refractivity (Wildman–Crippen MR) is 88.0 cm³/mol. The molecular formula is C16H14ClNO3S. The zero-order valence-corrected chi connectivity index (χ0v) is 13.4. The van der Waals surface area contributed by atoms with Gasteiger partial charge in [0.05, 0.1) is 10.3 Å². The average molecular weight is 336 g/mol. The van der Waals surface area contributed by atoms with Gasteiger partial charge in [-0.2, -0.15) is 0 Å². The molecule has 1 N–H and O–H groups in total. The molecular weight excluding hydrogens is 322 g/mol. The van der Waals surface area contributed by atoms with E-state index in [4.69, 9.17) is 21.1 Å². The van der Waals surface area contributed by atoms with Crippen LogP contribution in [-0.4, -0.2) is 18.0 Å².